The van der Waals surface area contributed by atoms with Crippen LogP contribution >= 0.6 is 31.9 Å². The van der Waals surface area contributed by atoms with E-state index in [2.05, 4.69) is 31.9 Å². The molecule has 2 aromatic carbocycles. The van der Waals surface area contributed by atoms with Crippen molar-refractivity contribution in [1.82, 2.24) is 0 Å². The Morgan fingerprint density at radius 2 is 1.79 bits per heavy atom. The van der Waals surface area contributed by atoms with Crippen LogP contribution in [0.3, 0.4) is 0 Å². The minimum absolute atomic E-state index is 0.0845. The van der Waals surface area contributed by atoms with Crippen LogP contribution < -0.4 is 0 Å². The Hall–Kier alpha value is -0.780. The zero-order chi connectivity index (χ0) is 14.0. The molecule has 0 aliphatic rings. The lowest BCUT2D eigenvalue weighted by molar-refractivity contribution is 0.176. The van der Waals surface area contributed by atoms with Gasteiger partial charge in [-0.05, 0) is 41.5 Å². The summed E-state index contributed by atoms with van der Waals surface area (Å²) in [5, 5.41) is 10.1. The molecular formula is C14H10Br2F2O. The van der Waals surface area contributed by atoms with Crippen LogP contribution in [0.5, 0.6) is 0 Å². The van der Waals surface area contributed by atoms with E-state index in [1.807, 2.05) is 0 Å². The fraction of sp³-hybridized carbons (Fsp3) is 0.143. The Morgan fingerprint density at radius 1 is 1.05 bits per heavy atom. The first-order valence-electron chi connectivity index (χ1n) is 5.54. The zero-order valence-corrected chi connectivity index (χ0v) is 12.9. The molecule has 2 aromatic rings. The van der Waals surface area contributed by atoms with E-state index in [1.165, 1.54) is 24.3 Å². The van der Waals surface area contributed by atoms with Gasteiger partial charge in [0.2, 0.25) is 0 Å². The molecule has 100 valence electrons. The van der Waals surface area contributed by atoms with Gasteiger partial charge in [-0.3, -0.25) is 0 Å². The number of benzene rings is 2. The fourth-order valence-electron chi connectivity index (χ4n) is 1.78. The highest BCUT2D eigenvalue weighted by molar-refractivity contribution is 9.10. The molecule has 0 radical (unpaired) electrons. The Morgan fingerprint density at radius 3 is 2.47 bits per heavy atom. The maximum atomic E-state index is 13.7. The van der Waals surface area contributed by atoms with E-state index >= 15 is 0 Å². The third-order valence-electron chi connectivity index (χ3n) is 2.75. The summed E-state index contributed by atoms with van der Waals surface area (Å²) in [6, 6.07) is 8.68. The fourth-order valence-corrected chi connectivity index (χ4v) is 2.62. The van der Waals surface area contributed by atoms with Crippen LogP contribution in [-0.4, -0.2) is 5.11 Å². The molecule has 0 bridgehead atoms. The van der Waals surface area contributed by atoms with E-state index in [0.717, 1.165) is 0 Å². The van der Waals surface area contributed by atoms with Gasteiger partial charge in [0, 0.05) is 15.4 Å². The first-order chi connectivity index (χ1) is 8.97. The predicted octanol–water partition coefficient (Wildman–Crippen LogP) is 4.77. The first-order valence-corrected chi connectivity index (χ1v) is 7.13. The summed E-state index contributed by atoms with van der Waals surface area (Å²) in [6.45, 7) is 0. The molecule has 0 saturated heterocycles. The van der Waals surface area contributed by atoms with Gasteiger partial charge >= 0.3 is 0 Å². The summed E-state index contributed by atoms with van der Waals surface area (Å²) in [5.41, 5.74) is 0.786. The lowest BCUT2D eigenvalue weighted by atomic mass is 10.0. The van der Waals surface area contributed by atoms with E-state index < -0.39 is 17.7 Å². The number of rotatable bonds is 3. The van der Waals surface area contributed by atoms with E-state index in [0.29, 0.717) is 20.1 Å². The third-order valence-corrected chi connectivity index (χ3v) is 3.96. The molecule has 0 aromatic heterocycles. The highest BCUT2D eigenvalue weighted by Crippen LogP contribution is 2.28. The standard InChI is InChI=1S/C14H10Br2F2O/c15-9-2-1-8(13(18)6-9)5-14(19)11-7-10(17)3-4-12(11)16/h1-4,6-7,14,19H,5H2. The molecule has 0 spiro atoms. The Kier molecular flexibility index (Phi) is 4.71. The summed E-state index contributed by atoms with van der Waals surface area (Å²) in [7, 11) is 0. The lowest BCUT2D eigenvalue weighted by Gasteiger charge is -2.13. The van der Waals surface area contributed by atoms with Gasteiger partial charge in [0.15, 0.2) is 0 Å². The summed E-state index contributed by atoms with van der Waals surface area (Å²) in [4.78, 5) is 0. The van der Waals surface area contributed by atoms with Crippen LogP contribution in [0.25, 0.3) is 0 Å². The Labute approximate surface area is 126 Å². The van der Waals surface area contributed by atoms with Gasteiger partial charge in [0.1, 0.15) is 11.6 Å². The third kappa shape index (κ3) is 3.61. The second-order valence-corrected chi connectivity index (χ2v) is 5.89. The van der Waals surface area contributed by atoms with E-state index in [4.69, 9.17) is 0 Å². The van der Waals surface area contributed by atoms with Crippen molar-refractivity contribution < 1.29 is 13.9 Å². The van der Waals surface area contributed by atoms with Gasteiger partial charge < -0.3 is 5.11 Å². The lowest BCUT2D eigenvalue weighted by Crippen LogP contribution is -2.05. The van der Waals surface area contributed by atoms with Crippen molar-refractivity contribution in [2.75, 3.05) is 0 Å². The molecule has 0 saturated carbocycles. The number of aliphatic hydroxyl groups excluding tert-OH is 1. The van der Waals surface area contributed by atoms with Crippen LogP contribution in [0, 0.1) is 11.6 Å². The average molecular weight is 392 g/mol. The minimum atomic E-state index is -0.972. The zero-order valence-electron chi connectivity index (χ0n) is 9.71. The van der Waals surface area contributed by atoms with E-state index in [-0.39, 0.29) is 6.42 Å². The second kappa shape index (κ2) is 6.11. The molecule has 19 heavy (non-hydrogen) atoms. The van der Waals surface area contributed by atoms with Crippen molar-refractivity contribution in [1.29, 1.82) is 0 Å². The predicted molar refractivity (Wildman–Crippen MR) is 76.9 cm³/mol. The molecule has 0 aliphatic heterocycles. The molecule has 5 heteroatoms. The molecule has 0 amide bonds. The molecule has 1 nitrogen and oxygen atoms in total. The van der Waals surface area contributed by atoms with Crippen LogP contribution in [0.2, 0.25) is 0 Å². The van der Waals surface area contributed by atoms with Gasteiger partial charge in [0.05, 0.1) is 6.10 Å². The van der Waals surface area contributed by atoms with Crippen LogP contribution in [0.15, 0.2) is 45.3 Å². The van der Waals surface area contributed by atoms with Gasteiger partial charge in [0.25, 0.3) is 0 Å². The highest BCUT2D eigenvalue weighted by Gasteiger charge is 2.15. The molecule has 0 fully saturated rings. The Bertz CT molecular complexity index is 602. The summed E-state index contributed by atoms with van der Waals surface area (Å²) < 4.78 is 28.1. The summed E-state index contributed by atoms with van der Waals surface area (Å²) in [6.07, 6.45) is -0.887. The maximum Gasteiger partial charge on any atom is 0.127 e. The van der Waals surface area contributed by atoms with Crippen molar-refractivity contribution >= 4 is 31.9 Å². The molecule has 2 rings (SSSR count). The summed E-state index contributed by atoms with van der Waals surface area (Å²) in [5.74, 6) is -0.838. The average Bonchev–Trinajstić information content (AvgIpc) is 2.35. The second-order valence-electron chi connectivity index (χ2n) is 4.12. The van der Waals surface area contributed by atoms with Crippen LogP contribution in [0.4, 0.5) is 8.78 Å². The number of halogens is 4. The monoisotopic (exact) mass is 390 g/mol. The van der Waals surface area contributed by atoms with Gasteiger partial charge in [-0.1, -0.05) is 37.9 Å². The first kappa shape index (κ1) is 14.6. The largest absolute Gasteiger partial charge is 0.388 e. The normalized spacial score (nSPS) is 12.5. The minimum Gasteiger partial charge on any atom is -0.388 e. The summed E-state index contributed by atoms with van der Waals surface area (Å²) >= 11 is 6.42. The number of aliphatic hydroxyl groups is 1. The molecular weight excluding hydrogens is 382 g/mol. The van der Waals surface area contributed by atoms with Crippen molar-refractivity contribution in [2.45, 2.75) is 12.5 Å². The van der Waals surface area contributed by atoms with Crippen LogP contribution in [0.1, 0.15) is 17.2 Å². The van der Waals surface area contributed by atoms with Crippen molar-refractivity contribution in [3.63, 3.8) is 0 Å². The molecule has 1 unspecified atom stereocenters. The van der Waals surface area contributed by atoms with Crippen molar-refractivity contribution in [3.05, 3.63) is 68.1 Å². The van der Waals surface area contributed by atoms with E-state index in [9.17, 15) is 13.9 Å². The SMILES string of the molecule is OC(Cc1ccc(Br)cc1F)c1cc(F)ccc1Br. The number of hydrogen-bond donors (Lipinski definition) is 1. The van der Waals surface area contributed by atoms with Crippen molar-refractivity contribution in [2.24, 2.45) is 0 Å². The topological polar surface area (TPSA) is 20.2 Å². The van der Waals surface area contributed by atoms with E-state index in [1.54, 1.807) is 12.1 Å². The number of hydrogen-bond acceptors (Lipinski definition) is 1. The Balaban J connectivity index is 2.25. The van der Waals surface area contributed by atoms with Crippen molar-refractivity contribution in [3.8, 4) is 0 Å². The molecule has 1 atom stereocenters. The maximum absolute atomic E-state index is 13.7. The van der Waals surface area contributed by atoms with Gasteiger partial charge in [-0.25, -0.2) is 8.78 Å². The smallest absolute Gasteiger partial charge is 0.127 e. The van der Waals surface area contributed by atoms with Gasteiger partial charge in [-0.2, -0.15) is 0 Å². The quantitative estimate of drug-likeness (QED) is 0.799. The molecule has 0 aliphatic carbocycles. The van der Waals surface area contributed by atoms with Crippen LogP contribution in [-0.2, 0) is 6.42 Å². The molecule has 1 N–H and O–H groups in total. The van der Waals surface area contributed by atoms with Gasteiger partial charge in [-0.15, -0.1) is 0 Å². The molecule has 0 heterocycles. The highest BCUT2D eigenvalue weighted by atomic mass is 79.9.